The Morgan fingerprint density at radius 2 is 1.73 bits per heavy atom. The van der Waals surface area contributed by atoms with Gasteiger partial charge in [0.15, 0.2) is 11.5 Å². The minimum atomic E-state index is -0.298. The van der Waals surface area contributed by atoms with Gasteiger partial charge in [0, 0.05) is 42.4 Å². The predicted octanol–water partition coefficient (Wildman–Crippen LogP) is 2.98. The van der Waals surface area contributed by atoms with E-state index in [2.05, 4.69) is 31.4 Å². The Hall–Kier alpha value is -2.34. The molecule has 1 N–H and O–H groups in total. The topological polar surface area (TPSA) is 61.4 Å². The summed E-state index contributed by atoms with van der Waals surface area (Å²) in [6.07, 6.45) is 0. The summed E-state index contributed by atoms with van der Waals surface area (Å²) in [6, 6.07) is 11.5. The van der Waals surface area contributed by atoms with Crippen molar-refractivity contribution in [3.05, 3.63) is 47.1 Å². The molecular weight excluding hydrogens is 350 g/mol. The summed E-state index contributed by atoms with van der Waals surface area (Å²) in [5.74, 6) is 0.588. The number of hydrogen-bond acceptors (Lipinski definition) is 5. The molecule has 0 spiro atoms. The molecule has 6 nitrogen and oxygen atoms in total. The molecule has 1 aliphatic heterocycles. The van der Waals surface area contributed by atoms with Crippen LogP contribution in [0, 0.1) is 0 Å². The van der Waals surface area contributed by atoms with Gasteiger partial charge in [-0.15, -0.1) is 10.2 Å². The van der Waals surface area contributed by atoms with Crippen LogP contribution in [0.3, 0.4) is 0 Å². The number of benzene rings is 1. The Labute approximate surface area is 159 Å². The molecule has 1 saturated heterocycles. The minimum absolute atomic E-state index is 0.206. The van der Waals surface area contributed by atoms with Gasteiger partial charge in [-0.1, -0.05) is 17.7 Å². The monoisotopic (exact) mass is 373 g/mol. The zero-order valence-electron chi connectivity index (χ0n) is 15.4. The van der Waals surface area contributed by atoms with E-state index in [1.807, 2.05) is 45.0 Å². The van der Waals surface area contributed by atoms with E-state index in [0.29, 0.717) is 5.69 Å². The minimum Gasteiger partial charge on any atom is -0.368 e. The predicted molar refractivity (Wildman–Crippen MR) is 105 cm³/mol. The lowest BCUT2D eigenvalue weighted by atomic mass is 10.1. The molecule has 0 bridgehead atoms. The van der Waals surface area contributed by atoms with E-state index < -0.39 is 0 Å². The molecule has 0 aliphatic carbocycles. The quantitative estimate of drug-likeness (QED) is 0.896. The Balaban J connectivity index is 1.60. The lowest BCUT2D eigenvalue weighted by Crippen LogP contribution is -2.47. The highest BCUT2D eigenvalue weighted by Gasteiger charge is 2.20. The van der Waals surface area contributed by atoms with Gasteiger partial charge in [0.05, 0.1) is 0 Å². The average molecular weight is 374 g/mol. The van der Waals surface area contributed by atoms with E-state index in [9.17, 15) is 4.79 Å². The Kier molecular flexibility index (Phi) is 5.32. The number of piperazine rings is 1. The van der Waals surface area contributed by atoms with E-state index in [-0.39, 0.29) is 11.4 Å². The van der Waals surface area contributed by atoms with Gasteiger partial charge in [0.25, 0.3) is 5.91 Å². The lowest BCUT2D eigenvalue weighted by molar-refractivity contribution is 0.0913. The fourth-order valence-corrected chi connectivity index (χ4v) is 3.07. The highest BCUT2D eigenvalue weighted by molar-refractivity contribution is 6.30. The molecule has 0 saturated carbocycles. The molecule has 26 heavy (non-hydrogen) atoms. The molecule has 1 aromatic heterocycles. The number of halogens is 1. The first-order valence-electron chi connectivity index (χ1n) is 8.73. The van der Waals surface area contributed by atoms with Gasteiger partial charge < -0.3 is 15.1 Å². The second kappa shape index (κ2) is 7.50. The number of carbonyl (C=O) groups is 1. The molecular formula is C19H24ClN5O. The van der Waals surface area contributed by atoms with Crippen molar-refractivity contribution in [2.75, 3.05) is 36.0 Å². The van der Waals surface area contributed by atoms with Gasteiger partial charge in [-0.2, -0.15) is 0 Å². The van der Waals surface area contributed by atoms with E-state index in [4.69, 9.17) is 11.6 Å². The van der Waals surface area contributed by atoms with Crippen molar-refractivity contribution in [1.29, 1.82) is 0 Å². The van der Waals surface area contributed by atoms with Crippen LogP contribution >= 0.6 is 11.6 Å². The molecule has 1 fully saturated rings. The maximum Gasteiger partial charge on any atom is 0.272 e. The number of aromatic nitrogens is 2. The number of carbonyl (C=O) groups excluding carboxylic acids is 1. The van der Waals surface area contributed by atoms with E-state index in [1.165, 1.54) is 0 Å². The molecule has 1 aliphatic rings. The molecule has 2 aromatic rings. The van der Waals surface area contributed by atoms with Crippen LogP contribution in [0.5, 0.6) is 0 Å². The summed E-state index contributed by atoms with van der Waals surface area (Å²) in [5.41, 5.74) is 1.17. The number of nitrogens with one attached hydrogen (secondary N) is 1. The highest BCUT2D eigenvalue weighted by Crippen LogP contribution is 2.22. The lowest BCUT2D eigenvalue weighted by Gasteiger charge is -2.36. The van der Waals surface area contributed by atoms with Crippen LogP contribution in [0.2, 0.25) is 5.02 Å². The van der Waals surface area contributed by atoms with E-state index >= 15 is 0 Å². The Morgan fingerprint density at radius 3 is 2.31 bits per heavy atom. The van der Waals surface area contributed by atoms with Gasteiger partial charge >= 0.3 is 0 Å². The third-order valence-corrected chi connectivity index (χ3v) is 4.38. The van der Waals surface area contributed by atoms with Crippen LogP contribution in [0.4, 0.5) is 11.5 Å². The summed E-state index contributed by atoms with van der Waals surface area (Å²) >= 11 is 6.08. The summed E-state index contributed by atoms with van der Waals surface area (Å²) in [7, 11) is 0. The number of rotatable bonds is 3. The Bertz CT molecular complexity index is 764. The van der Waals surface area contributed by atoms with E-state index in [0.717, 1.165) is 42.7 Å². The fourth-order valence-electron chi connectivity index (χ4n) is 2.89. The second-order valence-electron chi connectivity index (χ2n) is 7.43. The van der Waals surface area contributed by atoms with Crippen LogP contribution in [0.15, 0.2) is 36.4 Å². The highest BCUT2D eigenvalue weighted by atomic mass is 35.5. The van der Waals surface area contributed by atoms with Crippen molar-refractivity contribution >= 4 is 29.0 Å². The Morgan fingerprint density at radius 1 is 1.04 bits per heavy atom. The molecule has 3 rings (SSSR count). The van der Waals surface area contributed by atoms with Gasteiger partial charge in [0.2, 0.25) is 0 Å². The summed E-state index contributed by atoms with van der Waals surface area (Å²) in [5, 5.41) is 12.0. The second-order valence-corrected chi connectivity index (χ2v) is 7.87. The molecule has 0 radical (unpaired) electrons. The third-order valence-electron chi connectivity index (χ3n) is 4.15. The zero-order valence-corrected chi connectivity index (χ0v) is 16.1. The number of amides is 1. The first-order valence-corrected chi connectivity index (χ1v) is 9.11. The molecule has 1 aromatic carbocycles. The molecule has 0 atom stereocenters. The molecule has 7 heteroatoms. The number of nitrogens with zero attached hydrogens (tertiary/aromatic N) is 4. The van der Waals surface area contributed by atoms with Crippen LogP contribution in [-0.2, 0) is 0 Å². The molecule has 0 unspecified atom stereocenters. The van der Waals surface area contributed by atoms with Crippen LogP contribution in [0.1, 0.15) is 31.3 Å². The van der Waals surface area contributed by atoms with Crippen LogP contribution in [0.25, 0.3) is 0 Å². The maximum absolute atomic E-state index is 12.1. The van der Waals surface area contributed by atoms with Crippen molar-refractivity contribution in [1.82, 2.24) is 15.5 Å². The smallest absolute Gasteiger partial charge is 0.272 e. The van der Waals surface area contributed by atoms with Gasteiger partial charge in [-0.05, 0) is 51.1 Å². The summed E-state index contributed by atoms with van der Waals surface area (Å²) < 4.78 is 0. The van der Waals surface area contributed by atoms with Crippen molar-refractivity contribution in [3.8, 4) is 0 Å². The van der Waals surface area contributed by atoms with Crippen molar-refractivity contribution in [2.45, 2.75) is 26.3 Å². The summed E-state index contributed by atoms with van der Waals surface area (Å²) in [6.45, 7) is 9.26. The largest absolute Gasteiger partial charge is 0.368 e. The van der Waals surface area contributed by atoms with Gasteiger partial charge in [-0.3, -0.25) is 4.79 Å². The van der Waals surface area contributed by atoms with Crippen molar-refractivity contribution < 1.29 is 4.79 Å². The fraction of sp³-hybridized carbons (Fsp3) is 0.421. The normalized spacial score (nSPS) is 15.1. The molecule has 1 amide bonds. The standard InChI is InChI=1S/C19H24ClN5O/c1-19(2,3)21-18(26)16-7-8-17(23-22-16)25-11-9-24(10-12-25)15-6-4-5-14(20)13-15/h4-8,13H,9-12H2,1-3H3,(H,21,26). The van der Waals surface area contributed by atoms with Crippen LogP contribution < -0.4 is 15.1 Å². The molecule has 138 valence electrons. The number of hydrogen-bond donors (Lipinski definition) is 1. The summed E-state index contributed by atoms with van der Waals surface area (Å²) in [4.78, 5) is 16.6. The van der Waals surface area contributed by atoms with E-state index in [1.54, 1.807) is 6.07 Å². The van der Waals surface area contributed by atoms with Crippen molar-refractivity contribution in [3.63, 3.8) is 0 Å². The van der Waals surface area contributed by atoms with Crippen molar-refractivity contribution in [2.24, 2.45) is 0 Å². The number of anilines is 2. The first kappa shape index (κ1) is 18.5. The maximum atomic E-state index is 12.1. The first-order chi connectivity index (χ1) is 12.3. The molecule has 2 heterocycles. The van der Waals surface area contributed by atoms with Crippen LogP contribution in [-0.4, -0.2) is 47.8 Å². The third kappa shape index (κ3) is 4.64. The van der Waals surface area contributed by atoms with Gasteiger partial charge in [-0.25, -0.2) is 0 Å². The SMILES string of the molecule is CC(C)(C)NC(=O)c1ccc(N2CCN(c3cccc(Cl)c3)CC2)nn1. The zero-order chi connectivity index (χ0) is 18.7. The average Bonchev–Trinajstić information content (AvgIpc) is 2.61. The van der Waals surface area contributed by atoms with Gasteiger partial charge in [0.1, 0.15) is 0 Å².